The van der Waals surface area contributed by atoms with Gasteiger partial charge in [0.15, 0.2) is 9.84 Å². The first-order valence-corrected chi connectivity index (χ1v) is 16.5. The third-order valence-electron chi connectivity index (χ3n) is 8.08. The summed E-state index contributed by atoms with van der Waals surface area (Å²) in [6.45, 7) is 9.12. The Morgan fingerprint density at radius 2 is 1.27 bits per heavy atom. The van der Waals surface area contributed by atoms with Gasteiger partial charge in [0.1, 0.15) is 5.88 Å². The lowest BCUT2D eigenvalue weighted by atomic mass is 9.70. The van der Waals surface area contributed by atoms with Gasteiger partial charge in [0.05, 0.1) is 4.90 Å². The van der Waals surface area contributed by atoms with E-state index in [-0.39, 0.29) is 11.3 Å². The topological polar surface area (TPSA) is 66.7 Å². The molecule has 2 rings (SSSR count). The molecule has 0 saturated heterocycles. The Kier molecular flexibility index (Phi) is 14.2. The molecule has 0 radical (unpaired) electrons. The van der Waals surface area contributed by atoms with Gasteiger partial charge >= 0.3 is 0 Å². The highest BCUT2D eigenvalue weighted by molar-refractivity contribution is 7.91. The van der Waals surface area contributed by atoms with Crippen LogP contribution in [0.5, 0.6) is 0 Å². The zero-order valence-corrected chi connectivity index (χ0v) is 25.0. The number of sulfone groups is 1. The number of hydrogen-bond donors (Lipinski definition) is 1. The minimum Gasteiger partial charge on any atom is -0.396 e. The molecule has 1 aromatic carbocycles. The number of aliphatic imine (C=N–C) groups is 1. The third-order valence-corrected chi connectivity index (χ3v) is 9.54. The Morgan fingerprint density at radius 1 is 0.784 bits per heavy atom. The summed E-state index contributed by atoms with van der Waals surface area (Å²) < 4.78 is 25.6. The van der Waals surface area contributed by atoms with E-state index in [1.165, 1.54) is 88.2 Å². The second-order valence-corrected chi connectivity index (χ2v) is 13.7. The fourth-order valence-corrected chi connectivity index (χ4v) is 6.54. The molecule has 37 heavy (non-hydrogen) atoms. The quantitative estimate of drug-likeness (QED) is 0.193. The number of unbranched alkanes of at least 4 members (excludes halogenated alkanes) is 12. The molecule has 0 spiro atoms. The lowest BCUT2D eigenvalue weighted by Crippen LogP contribution is -2.26. The van der Waals surface area contributed by atoms with Crippen molar-refractivity contribution in [3.8, 4) is 0 Å². The molecule has 5 heteroatoms. The zero-order chi connectivity index (χ0) is 27.2. The summed E-state index contributed by atoms with van der Waals surface area (Å²) in [5.74, 6) is -0.167. The van der Waals surface area contributed by atoms with Gasteiger partial charge in [-0.3, -0.25) is 4.99 Å². The van der Waals surface area contributed by atoms with Gasteiger partial charge in [-0.05, 0) is 69.1 Å². The van der Waals surface area contributed by atoms with Gasteiger partial charge < -0.3 is 5.11 Å². The van der Waals surface area contributed by atoms with Crippen LogP contribution in [-0.4, -0.2) is 31.7 Å². The number of allylic oxidation sites excluding steroid dienone is 2. The van der Waals surface area contributed by atoms with E-state index < -0.39 is 9.84 Å². The molecule has 0 aliphatic heterocycles. The molecule has 0 unspecified atom stereocenters. The van der Waals surface area contributed by atoms with Crippen molar-refractivity contribution in [2.75, 3.05) is 12.5 Å². The van der Waals surface area contributed by atoms with Crippen LogP contribution in [0.25, 0.3) is 0 Å². The van der Waals surface area contributed by atoms with E-state index in [2.05, 4.69) is 25.8 Å². The van der Waals surface area contributed by atoms with E-state index in [1.54, 1.807) is 12.1 Å². The number of hydrogen-bond acceptors (Lipinski definition) is 4. The standard InChI is InChI=1S/C32H53NO3S/c1-27-19-21-29(22-20-27)37(35,36)26-33-31-23-24-32(3,4)30(28(31)2)18-16-14-12-10-8-6-5-7-9-11-13-15-17-25-34/h19-22,34H,5-18,23-26H2,1-4H3. The van der Waals surface area contributed by atoms with E-state index in [0.717, 1.165) is 37.0 Å². The number of aliphatic hydroxyl groups is 1. The summed E-state index contributed by atoms with van der Waals surface area (Å²) in [6.07, 6.45) is 19.6. The van der Waals surface area contributed by atoms with Gasteiger partial charge in [-0.1, -0.05) is 108 Å². The summed E-state index contributed by atoms with van der Waals surface area (Å²) in [7, 11) is -3.41. The van der Waals surface area contributed by atoms with E-state index in [4.69, 9.17) is 5.11 Å². The highest BCUT2D eigenvalue weighted by Crippen LogP contribution is 2.41. The van der Waals surface area contributed by atoms with Crippen LogP contribution >= 0.6 is 0 Å². The van der Waals surface area contributed by atoms with Crippen LogP contribution in [0.1, 0.15) is 129 Å². The molecule has 0 amide bonds. The van der Waals surface area contributed by atoms with E-state index in [1.807, 2.05) is 19.1 Å². The van der Waals surface area contributed by atoms with Crippen LogP contribution in [0.15, 0.2) is 45.3 Å². The zero-order valence-electron chi connectivity index (χ0n) is 24.2. The summed E-state index contributed by atoms with van der Waals surface area (Å²) in [4.78, 5) is 4.99. The van der Waals surface area contributed by atoms with Gasteiger partial charge in [-0.15, -0.1) is 0 Å². The predicted octanol–water partition coefficient (Wildman–Crippen LogP) is 8.76. The Bertz CT molecular complexity index is 958. The van der Waals surface area contributed by atoms with E-state index >= 15 is 0 Å². The molecule has 1 aliphatic carbocycles. The summed E-state index contributed by atoms with van der Waals surface area (Å²) in [6, 6.07) is 7.06. The maximum absolute atomic E-state index is 12.8. The first-order chi connectivity index (χ1) is 17.7. The Hall–Kier alpha value is -1.46. The maximum Gasteiger partial charge on any atom is 0.198 e. The highest BCUT2D eigenvalue weighted by atomic mass is 32.2. The highest BCUT2D eigenvalue weighted by Gasteiger charge is 2.31. The molecule has 1 aliphatic rings. The molecule has 0 atom stereocenters. The second-order valence-electron chi connectivity index (χ2n) is 11.7. The van der Waals surface area contributed by atoms with E-state index in [9.17, 15) is 8.42 Å². The molecule has 1 aromatic rings. The van der Waals surface area contributed by atoms with Gasteiger partial charge in [-0.25, -0.2) is 8.42 Å². The molecular weight excluding hydrogens is 478 g/mol. The van der Waals surface area contributed by atoms with Crippen molar-refractivity contribution in [1.82, 2.24) is 0 Å². The Morgan fingerprint density at radius 3 is 1.78 bits per heavy atom. The fraction of sp³-hybridized carbons (Fsp3) is 0.719. The minimum absolute atomic E-state index is 0.164. The van der Waals surface area contributed by atoms with Crippen LogP contribution < -0.4 is 0 Å². The summed E-state index contributed by atoms with van der Waals surface area (Å²) in [5, 5.41) is 8.81. The average molecular weight is 532 g/mol. The smallest absolute Gasteiger partial charge is 0.198 e. The van der Waals surface area contributed by atoms with Crippen LogP contribution in [0, 0.1) is 12.3 Å². The molecule has 4 nitrogen and oxygen atoms in total. The lowest BCUT2D eigenvalue weighted by Gasteiger charge is -2.35. The van der Waals surface area contributed by atoms with Crippen molar-refractivity contribution in [2.24, 2.45) is 10.4 Å². The van der Waals surface area contributed by atoms with Crippen molar-refractivity contribution >= 4 is 15.5 Å². The monoisotopic (exact) mass is 531 g/mol. The number of benzene rings is 1. The molecule has 0 bridgehead atoms. The number of aliphatic hydroxyl groups excluding tert-OH is 1. The Balaban J connectivity index is 1.73. The minimum atomic E-state index is -3.41. The van der Waals surface area contributed by atoms with Gasteiger partial charge in [0, 0.05) is 12.3 Å². The molecule has 210 valence electrons. The van der Waals surface area contributed by atoms with Crippen LogP contribution in [-0.2, 0) is 9.84 Å². The second kappa shape index (κ2) is 16.5. The van der Waals surface area contributed by atoms with Crippen LogP contribution in [0.2, 0.25) is 0 Å². The normalized spacial score (nSPS) is 17.1. The van der Waals surface area contributed by atoms with Gasteiger partial charge in [-0.2, -0.15) is 0 Å². The lowest BCUT2D eigenvalue weighted by molar-refractivity contribution is 0.282. The van der Waals surface area contributed by atoms with Crippen LogP contribution in [0.4, 0.5) is 0 Å². The first-order valence-electron chi connectivity index (χ1n) is 14.8. The van der Waals surface area contributed by atoms with Crippen LogP contribution in [0.3, 0.4) is 0 Å². The van der Waals surface area contributed by atoms with E-state index in [0.29, 0.717) is 11.5 Å². The van der Waals surface area contributed by atoms with Crippen molar-refractivity contribution in [3.05, 3.63) is 41.0 Å². The molecule has 0 heterocycles. The molecule has 1 N–H and O–H groups in total. The molecule has 0 saturated carbocycles. The van der Waals surface area contributed by atoms with Crippen molar-refractivity contribution in [1.29, 1.82) is 0 Å². The molecular formula is C32H53NO3S. The first kappa shape index (κ1) is 31.8. The number of nitrogens with zero attached hydrogens (tertiary/aromatic N) is 1. The third kappa shape index (κ3) is 11.4. The summed E-state index contributed by atoms with van der Waals surface area (Å²) in [5.41, 5.74) is 4.91. The largest absolute Gasteiger partial charge is 0.396 e. The molecule has 0 aromatic heterocycles. The van der Waals surface area contributed by atoms with Crippen molar-refractivity contribution in [3.63, 3.8) is 0 Å². The predicted molar refractivity (Wildman–Crippen MR) is 158 cm³/mol. The number of rotatable bonds is 18. The van der Waals surface area contributed by atoms with Crippen molar-refractivity contribution in [2.45, 2.75) is 135 Å². The SMILES string of the molecule is CC1=C(CCCCCCCCCCCCCCCO)C(C)(C)CCC1=NCS(=O)(=O)c1ccc(C)cc1. The van der Waals surface area contributed by atoms with Crippen molar-refractivity contribution < 1.29 is 13.5 Å². The maximum atomic E-state index is 12.8. The van der Waals surface area contributed by atoms with Gasteiger partial charge in [0.25, 0.3) is 0 Å². The number of aryl methyl sites for hydroxylation is 1. The molecule has 0 fully saturated rings. The average Bonchev–Trinajstić information content (AvgIpc) is 2.85. The Labute approximate surface area is 228 Å². The fourth-order valence-electron chi connectivity index (χ4n) is 5.52. The summed E-state index contributed by atoms with van der Waals surface area (Å²) >= 11 is 0. The van der Waals surface area contributed by atoms with Gasteiger partial charge in [0.2, 0.25) is 0 Å².